The van der Waals surface area contributed by atoms with E-state index in [2.05, 4.69) is 10.3 Å². The number of nitrogens with one attached hydrogen (secondary N) is 1. The van der Waals surface area contributed by atoms with Crippen LogP contribution in [0.25, 0.3) is 0 Å². The zero-order valence-electron chi connectivity index (χ0n) is 8.44. The number of rotatable bonds is 3. The molecular weight excluding hydrogens is 194 g/mol. The third-order valence-corrected chi connectivity index (χ3v) is 2.49. The minimum Gasteiger partial charge on any atom is -0.386 e. The van der Waals surface area contributed by atoms with E-state index in [1.165, 1.54) is 0 Å². The van der Waals surface area contributed by atoms with Crippen LogP contribution in [0.4, 0.5) is 11.5 Å². The van der Waals surface area contributed by atoms with Crippen LogP contribution >= 0.6 is 0 Å². The maximum atomic E-state index is 9.99. The van der Waals surface area contributed by atoms with Gasteiger partial charge >= 0.3 is 0 Å². The van der Waals surface area contributed by atoms with E-state index in [0.29, 0.717) is 32.0 Å². The number of nitrogens with two attached hydrogens (primary N) is 1. The first-order valence-corrected chi connectivity index (χ1v) is 4.94. The summed E-state index contributed by atoms with van der Waals surface area (Å²) < 4.78 is 5.15. The standard InChI is InChI=1S/C10H15N3O2/c11-9-5-8(1-3-12-9)13-6-10(14)2-4-15-7-10/h1,3,5,14H,2,4,6-7H2,(H3,11,12,13). The van der Waals surface area contributed by atoms with Crippen LogP contribution in [0.1, 0.15) is 6.42 Å². The van der Waals surface area contributed by atoms with Gasteiger partial charge in [-0.3, -0.25) is 0 Å². The molecule has 0 saturated carbocycles. The van der Waals surface area contributed by atoms with Gasteiger partial charge in [-0.05, 0) is 6.07 Å². The summed E-state index contributed by atoms with van der Waals surface area (Å²) in [5.74, 6) is 0.467. The molecule has 1 aliphatic rings. The quantitative estimate of drug-likeness (QED) is 0.664. The van der Waals surface area contributed by atoms with Gasteiger partial charge in [0.25, 0.3) is 0 Å². The van der Waals surface area contributed by atoms with Crippen molar-refractivity contribution in [2.45, 2.75) is 12.0 Å². The van der Waals surface area contributed by atoms with E-state index in [4.69, 9.17) is 10.5 Å². The second-order valence-corrected chi connectivity index (χ2v) is 3.85. The van der Waals surface area contributed by atoms with Crippen LogP contribution in [0.5, 0.6) is 0 Å². The Morgan fingerprint density at radius 2 is 2.53 bits per heavy atom. The van der Waals surface area contributed by atoms with E-state index in [9.17, 15) is 5.11 Å². The number of nitrogens with zero attached hydrogens (tertiary/aromatic N) is 1. The summed E-state index contributed by atoms with van der Waals surface area (Å²) in [4.78, 5) is 3.89. The molecule has 4 N–H and O–H groups in total. The van der Waals surface area contributed by atoms with E-state index in [1.54, 1.807) is 12.3 Å². The van der Waals surface area contributed by atoms with Crippen LogP contribution in [0.3, 0.4) is 0 Å². The number of aromatic nitrogens is 1. The predicted molar refractivity (Wildman–Crippen MR) is 57.5 cm³/mol. The largest absolute Gasteiger partial charge is 0.386 e. The van der Waals surface area contributed by atoms with Crippen molar-refractivity contribution >= 4 is 11.5 Å². The second-order valence-electron chi connectivity index (χ2n) is 3.85. The molecule has 0 spiro atoms. The Hall–Kier alpha value is -1.33. The fraction of sp³-hybridized carbons (Fsp3) is 0.500. The molecule has 1 aromatic rings. The van der Waals surface area contributed by atoms with E-state index in [-0.39, 0.29) is 0 Å². The van der Waals surface area contributed by atoms with Crippen LogP contribution in [-0.2, 0) is 4.74 Å². The fourth-order valence-electron chi connectivity index (χ4n) is 1.56. The van der Waals surface area contributed by atoms with Crippen LogP contribution < -0.4 is 11.1 Å². The van der Waals surface area contributed by atoms with E-state index in [0.717, 1.165) is 5.69 Å². The molecule has 1 aliphatic heterocycles. The molecule has 0 bridgehead atoms. The van der Waals surface area contributed by atoms with Gasteiger partial charge in [-0.25, -0.2) is 4.98 Å². The van der Waals surface area contributed by atoms with Gasteiger partial charge in [0.1, 0.15) is 11.4 Å². The summed E-state index contributed by atoms with van der Waals surface area (Å²) in [6, 6.07) is 3.55. The van der Waals surface area contributed by atoms with Crippen LogP contribution in [0.15, 0.2) is 18.3 Å². The van der Waals surface area contributed by atoms with Crippen LogP contribution in [0, 0.1) is 0 Å². The van der Waals surface area contributed by atoms with Gasteiger partial charge in [0.2, 0.25) is 0 Å². The highest BCUT2D eigenvalue weighted by molar-refractivity contribution is 5.49. The van der Waals surface area contributed by atoms with Crippen molar-refractivity contribution in [1.29, 1.82) is 0 Å². The van der Waals surface area contributed by atoms with Crippen LogP contribution in [-0.4, -0.2) is 35.5 Å². The summed E-state index contributed by atoms with van der Waals surface area (Å²) in [5, 5.41) is 13.1. The Labute approximate surface area is 88.3 Å². The Morgan fingerprint density at radius 3 is 3.20 bits per heavy atom. The maximum absolute atomic E-state index is 9.99. The predicted octanol–water partition coefficient (Wildman–Crippen LogP) is 0.227. The molecule has 15 heavy (non-hydrogen) atoms. The first-order valence-electron chi connectivity index (χ1n) is 4.94. The lowest BCUT2D eigenvalue weighted by atomic mass is 10.0. The van der Waals surface area contributed by atoms with Crippen molar-refractivity contribution in [2.75, 3.05) is 30.8 Å². The lowest BCUT2D eigenvalue weighted by Gasteiger charge is -2.21. The van der Waals surface area contributed by atoms with Crippen LogP contribution in [0.2, 0.25) is 0 Å². The van der Waals surface area contributed by atoms with Gasteiger partial charge in [0.15, 0.2) is 0 Å². The molecule has 5 heteroatoms. The third kappa shape index (κ3) is 2.57. The second kappa shape index (κ2) is 4.04. The fourth-order valence-corrected chi connectivity index (χ4v) is 1.56. The molecule has 1 atom stereocenters. The number of anilines is 2. The van der Waals surface area contributed by atoms with Crippen molar-refractivity contribution in [3.05, 3.63) is 18.3 Å². The van der Waals surface area contributed by atoms with E-state index < -0.39 is 5.60 Å². The van der Waals surface area contributed by atoms with Crippen molar-refractivity contribution in [2.24, 2.45) is 0 Å². The minimum absolute atomic E-state index is 0.389. The molecule has 82 valence electrons. The Morgan fingerprint density at radius 1 is 1.67 bits per heavy atom. The molecule has 0 radical (unpaired) electrons. The summed E-state index contributed by atoms with van der Waals surface area (Å²) in [6.07, 6.45) is 2.30. The topological polar surface area (TPSA) is 80.4 Å². The summed E-state index contributed by atoms with van der Waals surface area (Å²) >= 11 is 0. The molecule has 5 nitrogen and oxygen atoms in total. The highest BCUT2D eigenvalue weighted by Crippen LogP contribution is 2.19. The molecule has 1 fully saturated rings. The summed E-state index contributed by atoms with van der Waals surface area (Å²) in [6.45, 7) is 1.48. The Balaban J connectivity index is 1.92. The molecule has 1 saturated heterocycles. The highest BCUT2D eigenvalue weighted by Gasteiger charge is 2.31. The molecular formula is C10H15N3O2. The SMILES string of the molecule is Nc1cc(NCC2(O)CCOC2)ccn1. The van der Waals surface area contributed by atoms with Crippen molar-refractivity contribution in [3.63, 3.8) is 0 Å². The zero-order chi connectivity index (χ0) is 10.7. The molecule has 2 heterocycles. The number of pyridine rings is 1. The molecule has 0 amide bonds. The Kier molecular flexibility index (Phi) is 2.75. The number of ether oxygens (including phenoxy) is 1. The number of nitrogen functional groups attached to an aromatic ring is 1. The number of aliphatic hydroxyl groups is 1. The van der Waals surface area contributed by atoms with Gasteiger partial charge < -0.3 is 20.9 Å². The molecule has 1 unspecified atom stereocenters. The van der Waals surface area contributed by atoms with Gasteiger partial charge in [-0.1, -0.05) is 0 Å². The minimum atomic E-state index is -0.752. The average molecular weight is 209 g/mol. The molecule has 1 aromatic heterocycles. The average Bonchev–Trinajstić information content (AvgIpc) is 2.63. The first kappa shape index (κ1) is 10.2. The molecule has 0 aromatic carbocycles. The van der Waals surface area contributed by atoms with Crippen molar-refractivity contribution in [3.8, 4) is 0 Å². The normalized spacial score (nSPS) is 25.4. The zero-order valence-corrected chi connectivity index (χ0v) is 8.44. The van der Waals surface area contributed by atoms with Gasteiger partial charge in [0, 0.05) is 37.5 Å². The molecule has 0 aliphatic carbocycles. The lowest BCUT2D eigenvalue weighted by Crippen LogP contribution is -2.37. The summed E-state index contributed by atoms with van der Waals surface area (Å²) in [5.41, 5.74) is 5.65. The third-order valence-electron chi connectivity index (χ3n) is 2.49. The van der Waals surface area contributed by atoms with E-state index >= 15 is 0 Å². The number of hydrogen-bond donors (Lipinski definition) is 3. The first-order chi connectivity index (χ1) is 7.18. The lowest BCUT2D eigenvalue weighted by molar-refractivity contribution is 0.0382. The number of hydrogen-bond acceptors (Lipinski definition) is 5. The van der Waals surface area contributed by atoms with Crippen molar-refractivity contribution in [1.82, 2.24) is 4.98 Å². The monoisotopic (exact) mass is 209 g/mol. The van der Waals surface area contributed by atoms with Gasteiger partial charge in [0.05, 0.1) is 6.61 Å². The van der Waals surface area contributed by atoms with Gasteiger partial charge in [-0.15, -0.1) is 0 Å². The smallest absolute Gasteiger partial charge is 0.125 e. The van der Waals surface area contributed by atoms with E-state index in [1.807, 2.05) is 6.07 Å². The highest BCUT2D eigenvalue weighted by atomic mass is 16.5. The van der Waals surface area contributed by atoms with Gasteiger partial charge in [-0.2, -0.15) is 0 Å². The van der Waals surface area contributed by atoms with Crippen molar-refractivity contribution < 1.29 is 9.84 Å². The molecule has 2 rings (SSSR count). The summed E-state index contributed by atoms with van der Waals surface area (Å²) in [7, 11) is 0. The maximum Gasteiger partial charge on any atom is 0.125 e. The Bertz CT molecular complexity index is 337.